The first-order valence-electron chi connectivity index (χ1n) is 18.1. The lowest BCUT2D eigenvalue weighted by Gasteiger charge is -2.31. The molecule has 51 heavy (non-hydrogen) atoms. The standard InChI is InChI=1S/C49H40N2/c1-35-45(40-28-26-39(27-29-40)38-24-22-37(23-25-38)36-14-6-2-7-15-36)32-33-47-49(35)46-31-30-44(34-48(46)51(47)43-20-12-5-13-21-43)50(41-16-8-3-9-17-41)42-18-10-4-11-19-42/h2-10,12-18,20-35,49H,11,19H2,1H3. The van der Waals surface area contributed by atoms with Gasteiger partial charge in [0.2, 0.25) is 0 Å². The molecule has 3 aliphatic rings. The van der Waals surface area contributed by atoms with E-state index in [1.807, 2.05) is 0 Å². The van der Waals surface area contributed by atoms with Crippen molar-refractivity contribution in [2.45, 2.75) is 25.7 Å². The summed E-state index contributed by atoms with van der Waals surface area (Å²) < 4.78 is 0. The molecule has 1 aliphatic heterocycles. The van der Waals surface area contributed by atoms with Crippen LogP contribution in [-0.4, -0.2) is 0 Å². The van der Waals surface area contributed by atoms with Crippen LogP contribution in [0.2, 0.25) is 0 Å². The summed E-state index contributed by atoms with van der Waals surface area (Å²) in [4.78, 5) is 4.93. The maximum atomic E-state index is 2.49. The molecule has 6 aromatic rings. The van der Waals surface area contributed by atoms with Crippen molar-refractivity contribution >= 4 is 28.3 Å². The third-order valence-corrected chi connectivity index (χ3v) is 10.7. The van der Waals surface area contributed by atoms with Crippen LogP contribution in [0.3, 0.4) is 0 Å². The average molecular weight is 657 g/mol. The van der Waals surface area contributed by atoms with Gasteiger partial charge in [0.05, 0.1) is 5.69 Å². The van der Waals surface area contributed by atoms with E-state index in [0.717, 1.165) is 12.8 Å². The quantitative estimate of drug-likeness (QED) is 0.169. The molecule has 0 spiro atoms. The highest BCUT2D eigenvalue weighted by Gasteiger charge is 2.41. The average Bonchev–Trinajstić information content (AvgIpc) is 3.54. The van der Waals surface area contributed by atoms with Crippen LogP contribution >= 0.6 is 0 Å². The molecule has 2 heteroatoms. The van der Waals surface area contributed by atoms with E-state index in [-0.39, 0.29) is 5.92 Å². The van der Waals surface area contributed by atoms with E-state index in [1.165, 1.54) is 73.1 Å². The molecule has 2 atom stereocenters. The van der Waals surface area contributed by atoms with Crippen LogP contribution in [0.5, 0.6) is 0 Å². The minimum Gasteiger partial charge on any atom is -0.314 e. The molecule has 0 fully saturated rings. The van der Waals surface area contributed by atoms with Crippen molar-refractivity contribution < 1.29 is 0 Å². The SMILES string of the molecule is CC1C(c2ccc(-c3ccc(-c4ccccc4)cc3)cc2)=CC=C2C1c1ccc(N(C3=CC=CCC3)c3ccccc3)cc1N2c1ccccc1. The van der Waals surface area contributed by atoms with Crippen LogP contribution in [0.15, 0.2) is 199 Å². The van der Waals surface area contributed by atoms with Gasteiger partial charge in [0.25, 0.3) is 0 Å². The summed E-state index contributed by atoms with van der Waals surface area (Å²) in [7, 11) is 0. The Morgan fingerprint density at radius 2 is 1.14 bits per heavy atom. The van der Waals surface area contributed by atoms with Crippen LogP contribution in [0, 0.1) is 5.92 Å². The zero-order valence-electron chi connectivity index (χ0n) is 28.9. The van der Waals surface area contributed by atoms with E-state index in [9.17, 15) is 0 Å². The second-order valence-corrected chi connectivity index (χ2v) is 13.7. The molecule has 2 unspecified atom stereocenters. The van der Waals surface area contributed by atoms with Gasteiger partial charge in [-0.2, -0.15) is 0 Å². The number of hydrogen-bond acceptors (Lipinski definition) is 2. The lowest BCUT2D eigenvalue weighted by atomic mass is 9.76. The summed E-state index contributed by atoms with van der Waals surface area (Å²) in [6.45, 7) is 2.40. The van der Waals surface area contributed by atoms with Crippen molar-refractivity contribution in [3.05, 3.63) is 211 Å². The lowest BCUT2D eigenvalue weighted by molar-refractivity contribution is 0.636. The summed E-state index contributed by atoms with van der Waals surface area (Å²) in [6, 6.07) is 57.4. The summed E-state index contributed by atoms with van der Waals surface area (Å²) in [5.74, 6) is 0.553. The minimum atomic E-state index is 0.251. The van der Waals surface area contributed by atoms with Crippen molar-refractivity contribution in [1.29, 1.82) is 0 Å². The van der Waals surface area contributed by atoms with Gasteiger partial charge in [-0.15, -0.1) is 0 Å². The zero-order chi connectivity index (χ0) is 34.1. The number of benzene rings is 6. The minimum absolute atomic E-state index is 0.251. The number of rotatable bonds is 7. The van der Waals surface area contributed by atoms with E-state index in [2.05, 4.69) is 205 Å². The second-order valence-electron chi connectivity index (χ2n) is 13.7. The molecule has 0 aromatic heterocycles. The third-order valence-electron chi connectivity index (χ3n) is 10.7. The summed E-state index contributed by atoms with van der Waals surface area (Å²) >= 11 is 0. The van der Waals surface area contributed by atoms with Gasteiger partial charge in [-0.05, 0) is 106 Å². The van der Waals surface area contributed by atoms with Gasteiger partial charge in [0, 0.05) is 34.4 Å². The van der Waals surface area contributed by atoms with Gasteiger partial charge >= 0.3 is 0 Å². The van der Waals surface area contributed by atoms with E-state index < -0.39 is 0 Å². The van der Waals surface area contributed by atoms with Crippen LogP contribution in [-0.2, 0) is 0 Å². The van der Waals surface area contributed by atoms with Crippen molar-refractivity contribution in [2.24, 2.45) is 5.92 Å². The Hall–Kier alpha value is -6.12. The molecule has 0 saturated carbocycles. The summed E-state index contributed by atoms with van der Waals surface area (Å²) in [5, 5.41) is 0. The smallest absolute Gasteiger partial charge is 0.0518 e. The summed E-state index contributed by atoms with van der Waals surface area (Å²) in [5.41, 5.74) is 16.5. The van der Waals surface area contributed by atoms with Crippen LogP contribution in [0.4, 0.5) is 22.7 Å². The number of fused-ring (bicyclic) bond motifs is 3. The lowest BCUT2D eigenvalue weighted by Crippen LogP contribution is -2.20. The molecular formula is C49H40N2. The Bertz CT molecular complexity index is 2290. The van der Waals surface area contributed by atoms with E-state index in [0.29, 0.717) is 5.92 Å². The van der Waals surface area contributed by atoms with Gasteiger partial charge in [-0.1, -0.05) is 146 Å². The first kappa shape index (κ1) is 30.9. The monoisotopic (exact) mass is 656 g/mol. The van der Waals surface area contributed by atoms with Crippen LogP contribution in [0.25, 0.3) is 27.8 Å². The van der Waals surface area contributed by atoms with Crippen molar-refractivity contribution in [3.8, 4) is 22.3 Å². The molecule has 0 saturated heterocycles. The highest BCUT2D eigenvalue weighted by molar-refractivity contribution is 5.87. The first-order chi connectivity index (χ1) is 25.2. The fraction of sp³-hybridized carbons (Fsp3) is 0.102. The summed E-state index contributed by atoms with van der Waals surface area (Å²) in [6.07, 6.45) is 13.5. The van der Waals surface area contributed by atoms with E-state index in [1.54, 1.807) is 0 Å². The van der Waals surface area contributed by atoms with Gasteiger partial charge in [-0.25, -0.2) is 0 Å². The molecule has 1 heterocycles. The van der Waals surface area contributed by atoms with Crippen molar-refractivity contribution in [1.82, 2.24) is 0 Å². The first-order valence-corrected chi connectivity index (χ1v) is 18.1. The molecule has 6 aromatic carbocycles. The number of para-hydroxylation sites is 2. The van der Waals surface area contributed by atoms with E-state index in [4.69, 9.17) is 0 Å². The Balaban J connectivity index is 1.07. The molecule has 0 radical (unpaired) electrons. The predicted molar refractivity (Wildman–Crippen MR) is 215 cm³/mol. The molecule has 0 amide bonds. The number of allylic oxidation sites excluding steroid dienone is 8. The predicted octanol–water partition coefficient (Wildman–Crippen LogP) is 13.2. The molecule has 246 valence electrons. The topological polar surface area (TPSA) is 6.48 Å². The van der Waals surface area contributed by atoms with E-state index >= 15 is 0 Å². The van der Waals surface area contributed by atoms with Crippen LogP contribution in [0.1, 0.15) is 36.8 Å². The maximum absolute atomic E-state index is 2.49. The molecular weight excluding hydrogens is 617 g/mol. The zero-order valence-corrected chi connectivity index (χ0v) is 28.9. The molecule has 9 rings (SSSR count). The largest absolute Gasteiger partial charge is 0.314 e. The van der Waals surface area contributed by atoms with Gasteiger partial charge in [0.1, 0.15) is 0 Å². The number of anilines is 4. The van der Waals surface area contributed by atoms with Gasteiger partial charge in [0.15, 0.2) is 0 Å². The highest BCUT2D eigenvalue weighted by atomic mass is 15.2. The fourth-order valence-electron chi connectivity index (χ4n) is 8.17. The number of nitrogens with zero attached hydrogens (tertiary/aromatic N) is 2. The normalized spacial score (nSPS) is 17.6. The Morgan fingerprint density at radius 1 is 0.549 bits per heavy atom. The van der Waals surface area contributed by atoms with Gasteiger partial charge < -0.3 is 9.80 Å². The Labute approximate surface area is 301 Å². The maximum Gasteiger partial charge on any atom is 0.0518 e. The molecule has 0 bridgehead atoms. The van der Waals surface area contributed by atoms with Crippen molar-refractivity contribution in [2.75, 3.05) is 9.80 Å². The number of hydrogen-bond donors (Lipinski definition) is 0. The Morgan fingerprint density at radius 3 is 1.76 bits per heavy atom. The third kappa shape index (κ3) is 5.73. The molecule has 2 nitrogen and oxygen atoms in total. The molecule has 2 aliphatic carbocycles. The van der Waals surface area contributed by atoms with Crippen LogP contribution < -0.4 is 9.80 Å². The Kier molecular flexibility index (Phi) is 8.06. The second kappa shape index (κ2) is 13.3. The van der Waals surface area contributed by atoms with Gasteiger partial charge in [-0.3, -0.25) is 0 Å². The highest BCUT2D eigenvalue weighted by Crippen LogP contribution is 2.56. The fourth-order valence-corrected chi connectivity index (χ4v) is 8.17. The van der Waals surface area contributed by atoms with Crippen molar-refractivity contribution in [3.63, 3.8) is 0 Å². The molecule has 0 N–H and O–H groups in total.